The van der Waals surface area contributed by atoms with Crippen LogP contribution in [-0.2, 0) is 10.4 Å². The monoisotopic (exact) mass is 231 g/mol. The first-order valence-electron chi connectivity index (χ1n) is 3.60. The van der Waals surface area contributed by atoms with Gasteiger partial charge in [-0.25, -0.2) is 9.97 Å². The summed E-state index contributed by atoms with van der Waals surface area (Å²) in [5.74, 6) is 0. The van der Waals surface area contributed by atoms with Gasteiger partial charge in [0.2, 0.25) is 0 Å². The Bertz CT molecular complexity index is 655. The quantitative estimate of drug-likeness (QED) is 0.537. The smallest absolute Gasteiger partial charge is 0.340 e. The van der Waals surface area contributed by atoms with Crippen LogP contribution in [0.25, 0.3) is 11.2 Å². The lowest BCUT2D eigenvalue weighted by Gasteiger charge is -2.03. The van der Waals surface area contributed by atoms with Gasteiger partial charge in [0.05, 0.1) is 6.33 Å². The average Bonchev–Trinajstić information content (AvgIpc) is 2.56. The van der Waals surface area contributed by atoms with Crippen molar-refractivity contribution in [1.29, 1.82) is 5.41 Å². The molecule has 10 heteroatoms. The molecule has 80 valence electrons. The zero-order valence-electron chi connectivity index (χ0n) is 7.08. The first-order chi connectivity index (χ1) is 6.97. The first kappa shape index (κ1) is 9.61. The fourth-order valence-electron chi connectivity index (χ4n) is 0.992. The fourth-order valence-corrected chi connectivity index (χ4v) is 1.31. The standard InChI is InChI=1S/C5H5N5O4S/c6-4-3-5(8-1-7-3)9-2-10(4)14-15(11,12)13/h1-2,6H,(H,7,8)(H,11,12,13). The molecule has 0 amide bonds. The summed E-state index contributed by atoms with van der Waals surface area (Å²) in [5, 5.41) is 7.49. The van der Waals surface area contributed by atoms with Crippen LogP contribution in [0.2, 0.25) is 0 Å². The van der Waals surface area contributed by atoms with Crippen LogP contribution < -0.4 is 9.77 Å². The highest BCUT2D eigenvalue weighted by atomic mass is 32.3. The molecule has 0 unspecified atom stereocenters. The number of aromatic nitrogens is 4. The molecule has 0 bridgehead atoms. The summed E-state index contributed by atoms with van der Waals surface area (Å²) in [6.45, 7) is 0. The molecular weight excluding hydrogens is 226 g/mol. The molecule has 15 heavy (non-hydrogen) atoms. The molecule has 0 fully saturated rings. The van der Waals surface area contributed by atoms with E-state index in [9.17, 15) is 8.42 Å². The Morgan fingerprint density at radius 3 is 2.93 bits per heavy atom. The highest BCUT2D eigenvalue weighted by Crippen LogP contribution is 1.96. The van der Waals surface area contributed by atoms with Crippen molar-refractivity contribution in [1.82, 2.24) is 19.7 Å². The number of fused-ring (bicyclic) bond motifs is 1. The van der Waals surface area contributed by atoms with Crippen molar-refractivity contribution in [2.45, 2.75) is 0 Å². The molecule has 0 aromatic carbocycles. The van der Waals surface area contributed by atoms with Crippen molar-refractivity contribution in [3.63, 3.8) is 0 Å². The molecule has 2 heterocycles. The molecule has 2 aromatic rings. The molecule has 0 saturated carbocycles. The van der Waals surface area contributed by atoms with Gasteiger partial charge in [-0.3, -0.25) is 14.2 Å². The third-order valence-corrected chi connectivity index (χ3v) is 1.88. The number of H-pyrrole nitrogens is 1. The minimum absolute atomic E-state index is 0.196. The van der Waals surface area contributed by atoms with Crippen molar-refractivity contribution >= 4 is 21.6 Å². The topological polar surface area (TPSA) is 134 Å². The summed E-state index contributed by atoms with van der Waals surface area (Å²) in [4.78, 5) is 10.0. The third-order valence-electron chi connectivity index (χ3n) is 1.54. The summed E-state index contributed by atoms with van der Waals surface area (Å²) >= 11 is 0. The SMILES string of the molecule is N=c1c2[nH]cnc2ncn1OS(=O)(=O)O. The van der Waals surface area contributed by atoms with Crippen LogP contribution in [0.15, 0.2) is 12.7 Å². The Morgan fingerprint density at radius 2 is 2.27 bits per heavy atom. The van der Waals surface area contributed by atoms with Crippen LogP contribution in [0.1, 0.15) is 0 Å². The van der Waals surface area contributed by atoms with E-state index in [-0.39, 0.29) is 16.7 Å². The molecule has 2 rings (SSSR count). The lowest BCUT2D eigenvalue weighted by Crippen LogP contribution is -2.30. The molecule has 0 saturated heterocycles. The van der Waals surface area contributed by atoms with Gasteiger partial charge < -0.3 is 4.98 Å². The Balaban J connectivity index is 2.63. The van der Waals surface area contributed by atoms with Crippen LogP contribution >= 0.6 is 0 Å². The minimum atomic E-state index is -4.68. The molecular formula is C5H5N5O4S. The van der Waals surface area contributed by atoms with Gasteiger partial charge in [-0.15, -0.1) is 4.73 Å². The fraction of sp³-hybridized carbons (Fsp3) is 0. The summed E-state index contributed by atoms with van der Waals surface area (Å²) < 4.78 is 33.8. The average molecular weight is 231 g/mol. The third kappa shape index (κ3) is 1.80. The summed E-state index contributed by atoms with van der Waals surface area (Å²) in [7, 11) is -4.68. The number of hydrogen-bond donors (Lipinski definition) is 3. The summed E-state index contributed by atoms with van der Waals surface area (Å²) in [5.41, 5.74) is 0.117. The van der Waals surface area contributed by atoms with Gasteiger partial charge in [-0.2, -0.15) is 8.42 Å². The maximum Gasteiger partial charge on any atom is 0.465 e. The minimum Gasteiger partial charge on any atom is -0.340 e. The van der Waals surface area contributed by atoms with Gasteiger partial charge in [-0.1, -0.05) is 0 Å². The Kier molecular flexibility index (Phi) is 1.94. The first-order valence-corrected chi connectivity index (χ1v) is 4.96. The molecule has 0 atom stereocenters. The molecule has 0 aliphatic heterocycles. The molecule has 9 nitrogen and oxygen atoms in total. The zero-order chi connectivity index (χ0) is 11.1. The van der Waals surface area contributed by atoms with Gasteiger partial charge in [-0.05, 0) is 0 Å². The van der Waals surface area contributed by atoms with E-state index in [0.717, 1.165) is 6.33 Å². The summed E-state index contributed by atoms with van der Waals surface area (Å²) in [6, 6.07) is 0. The van der Waals surface area contributed by atoms with E-state index >= 15 is 0 Å². The van der Waals surface area contributed by atoms with E-state index in [0.29, 0.717) is 4.73 Å². The Labute approximate surface area is 82.8 Å². The maximum absolute atomic E-state index is 10.4. The van der Waals surface area contributed by atoms with Crippen molar-refractivity contribution in [3.8, 4) is 0 Å². The second-order valence-electron chi connectivity index (χ2n) is 2.52. The Hall–Kier alpha value is -1.94. The lowest BCUT2D eigenvalue weighted by atomic mass is 10.5. The second-order valence-corrected chi connectivity index (χ2v) is 3.53. The predicted octanol–water partition coefficient (Wildman–Crippen LogP) is -1.53. The molecule has 3 N–H and O–H groups in total. The highest BCUT2D eigenvalue weighted by Gasteiger charge is 2.09. The van der Waals surface area contributed by atoms with Crippen molar-refractivity contribution < 1.29 is 17.3 Å². The van der Waals surface area contributed by atoms with E-state index in [4.69, 9.17) is 9.96 Å². The maximum atomic E-state index is 10.4. The molecule has 0 radical (unpaired) electrons. The number of hydrogen-bond acceptors (Lipinski definition) is 6. The predicted molar refractivity (Wildman–Crippen MR) is 45.9 cm³/mol. The van der Waals surface area contributed by atoms with E-state index < -0.39 is 10.4 Å². The van der Waals surface area contributed by atoms with Gasteiger partial charge in [0.1, 0.15) is 11.8 Å². The highest BCUT2D eigenvalue weighted by molar-refractivity contribution is 7.81. The van der Waals surface area contributed by atoms with Crippen LogP contribution in [0.5, 0.6) is 0 Å². The molecule has 2 aromatic heterocycles. The van der Waals surface area contributed by atoms with Crippen LogP contribution in [0.3, 0.4) is 0 Å². The van der Waals surface area contributed by atoms with Gasteiger partial charge in [0.15, 0.2) is 11.1 Å². The number of imidazole rings is 1. The van der Waals surface area contributed by atoms with Gasteiger partial charge in [0.25, 0.3) is 0 Å². The van der Waals surface area contributed by atoms with E-state index in [2.05, 4.69) is 19.2 Å². The van der Waals surface area contributed by atoms with Crippen molar-refractivity contribution in [2.75, 3.05) is 0 Å². The van der Waals surface area contributed by atoms with Crippen molar-refractivity contribution in [3.05, 3.63) is 18.1 Å². The van der Waals surface area contributed by atoms with E-state index in [1.807, 2.05) is 0 Å². The van der Waals surface area contributed by atoms with Gasteiger partial charge >= 0.3 is 10.4 Å². The van der Waals surface area contributed by atoms with Crippen molar-refractivity contribution in [2.24, 2.45) is 0 Å². The normalized spacial score (nSPS) is 11.8. The lowest BCUT2D eigenvalue weighted by molar-refractivity contribution is 0.224. The van der Waals surface area contributed by atoms with Crippen LogP contribution in [0, 0.1) is 5.41 Å². The number of nitrogens with one attached hydrogen (secondary N) is 2. The molecule has 0 aliphatic carbocycles. The van der Waals surface area contributed by atoms with E-state index in [1.165, 1.54) is 6.33 Å². The van der Waals surface area contributed by atoms with Crippen LogP contribution in [-0.4, -0.2) is 32.7 Å². The Morgan fingerprint density at radius 1 is 1.53 bits per heavy atom. The number of rotatable bonds is 2. The summed E-state index contributed by atoms with van der Waals surface area (Å²) in [6.07, 6.45) is 2.22. The van der Waals surface area contributed by atoms with E-state index in [1.54, 1.807) is 0 Å². The molecule has 0 spiro atoms. The number of nitrogens with zero attached hydrogens (tertiary/aromatic N) is 3. The largest absolute Gasteiger partial charge is 0.465 e. The van der Waals surface area contributed by atoms with Crippen LogP contribution in [0.4, 0.5) is 0 Å². The second kappa shape index (κ2) is 3.03. The zero-order valence-corrected chi connectivity index (χ0v) is 7.89. The van der Waals surface area contributed by atoms with Gasteiger partial charge in [0, 0.05) is 0 Å². The number of aromatic amines is 1. The molecule has 0 aliphatic rings.